The summed E-state index contributed by atoms with van der Waals surface area (Å²) in [5.41, 5.74) is 0. The summed E-state index contributed by atoms with van der Waals surface area (Å²) < 4.78 is 5.67. The molecular formula is C20H38O2S. The molecule has 0 unspecified atom stereocenters. The Hall–Kier alpha value is -0.180. The molecule has 0 aliphatic heterocycles. The van der Waals surface area contributed by atoms with Gasteiger partial charge in [0, 0.05) is 11.7 Å². The minimum Gasteiger partial charge on any atom is -0.462 e. The average molecular weight is 343 g/mol. The van der Waals surface area contributed by atoms with Crippen LogP contribution in [0.2, 0.25) is 0 Å². The van der Waals surface area contributed by atoms with Gasteiger partial charge in [0.25, 0.3) is 0 Å². The maximum absolute atomic E-state index is 11.9. The molecule has 0 amide bonds. The number of ether oxygens (including phenoxy) is 1. The molecule has 0 aromatic heterocycles. The van der Waals surface area contributed by atoms with Gasteiger partial charge in [-0.2, -0.15) is 12.6 Å². The molecule has 0 N–H and O–H groups in total. The molecule has 1 saturated carbocycles. The second-order valence-electron chi connectivity index (χ2n) is 7.21. The third-order valence-electron chi connectivity index (χ3n) is 4.91. The summed E-state index contributed by atoms with van der Waals surface area (Å²) in [7, 11) is 0. The van der Waals surface area contributed by atoms with E-state index in [4.69, 9.17) is 4.74 Å². The first-order valence-corrected chi connectivity index (χ1v) is 10.6. The standard InChI is InChI=1S/C20H38O2S/c1-2-3-4-5-6-7-8-9-10-17-20(21)22-18-13-11-15-19(23)16-12-14-18/h18-19,23H,2-17H2,1H3. The summed E-state index contributed by atoms with van der Waals surface area (Å²) >= 11 is 4.57. The molecule has 0 aromatic carbocycles. The summed E-state index contributed by atoms with van der Waals surface area (Å²) in [4.78, 5) is 11.9. The Morgan fingerprint density at radius 2 is 1.39 bits per heavy atom. The molecule has 0 spiro atoms. The van der Waals surface area contributed by atoms with E-state index in [-0.39, 0.29) is 12.1 Å². The SMILES string of the molecule is CCCCCCCCCCCC(=O)OC1CCCC(S)CCC1. The van der Waals surface area contributed by atoms with Crippen LogP contribution in [0.1, 0.15) is 110 Å². The first-order chi connectivity index (χ1) is 11.2. The molecule has 2 nitrogen and oxygen atoms in total. The smallest absolute Gasteiger partial charge is 0.306 e. The Labute approximate surface area is 149 Å². The Morgan fingerprint density at radius 1 is 0.870 bits per heavy atom. The van der Waals surface area contributed by atoms with Gasteiger partial charge < -0.3 is 4.74 Å². The molecule has 1 fully saturated rings. The zero-order valence-electron chi connectivity index (χ0n) is 15.2. The van der Waals surface area contributed by atoms with Crippen molar-refractivity contribution in [3.8, 4) is 0 Å². The van der Waals surface area contributed by atoms with Crippen LogP contribution in [0.15, 0.2) is 0 Å². The number of thiol groups is 1. The van der Waals surface area contributed by atoms with Crippen LogP contribution in [-0.2, 0) is 9.53 Å². The summed E-state index contributed by atoms with van der Waals surface area (Å²) in [6.45, 7) is 2.26. The van der Waals surface area contributed by atoms with Gasteiger partial charge in [0.05, 0.1) is 0 Å². The van der Waals surface area contributed by atoms with E-state index in [0.29, 0.717) is 11.7 Å². The van der Waals surface area contributed by atoms with Crippen molar-refractivity contribution in [3.05, 3.63) is 0 Å². The van der Waals surface area contributed by atoms with Crippen molar-refractivity contribution in [2.24, 2.45) is 0 Å². The van der Waals surface area contributed by atoms with Gasteiger partial charge in [-0.1, -0.05) is 58.3 Å². The normalized spacial score (nSPS) is 22.3. The Kier molecular flexibility index (Phi) is 12.9. The Morgan fingerprint density at radius 3 is 1.96 bits per heavy atom. The van der Waals surface area contributed by atoms with E-state index >= 15 is 0 Å². The molecule has 0 radical (unpaired) electrons. The minimum atomic E-state index is 0.0287. The van der Waals surface area contributed by atoms with Crippen LogP contribution in [0.5, 0.6) is 0 Å². The monoisotopic (exact) mass is 342 g/mol. The van der Waals surface area contributed by atoms with Crippen LogP contribution in [0, 0.1) is 0 Å². The fourth-order valence-electron chi connectivity index (χ4n) is 3.39. The predicted octanol–water partition coefficient (Wildman–Crippen LogP) is 6.47. The number of hydrogen-bond donors (Lipinski definition) is 1. The van der Waals surface area contributed by atoms with Crippen molar-refractivity contribution in [1.82, 2.24) is 0 Å². The lowest BCUT2D eigenvalue weighted by Gasteiger charge is -2.22. The second-order valence-corrected chi connectivity index (χ2v) is 7.94. The van der Waals surface area contributed by atoms with E-state index < -0.39 is 0 Å². The van der Waals surface area contributed by atoms with Gasteiger partial charge >= 0.3 is 5.97 Å². The van der Waals surface area contributed by atoms with Crippen LogP contribution in [0.4, 0.5) is 0 Å². The van der Waals surface area contributed by atoms with Crippen LogP contribution in [-0.4, -0.2) is 17.3 Å². The highest BCUT2D eigenvalue weighted by Gasteiger charge is 2.18. The van der Waals surface area contributed by atoms with Gasteiger partial charge in [-0.25, -0.2) is 0 Å². The lowest BCUT2D eigenvalue weighted by molar-refractivity contribution is -0.150. The number of carbonyl (C=O) groups excluding carboxylic acids is 1. The first-order valence-electron chi connectivity index (χ1n) is 10.1. The molecule has 1 aliphatic carbocycles. The first kappa shape index (κ1) is 20.9. The largest absolute Gasteiger partial charge is 0.462 e. The van der Waals surface area contributed by atoms with E-state index in [2.05, 4.69) is 19.6 Å². The molecule has 0 atom stereocenters. The van der Waals surface area contributed by atoms with E-state index in [1.807, 2.05) is 0 Å². The maximum atomic E-state index is 11.9. The summed E-state index contributed by atoms with van der Waals surface area (Å²) in [6, 6.07) is 0. The third-order valence-corrected chi connectivity index (χ3v) is 5.43. The van der Waals surface area contributed by atoms with E-state index in [9.17, 15) is 4.79 Å². The van der Waals surface area contributed by atoms with Crippen LogP contribution < -0.4 is 0 Å². The fourth-order valence-corrected chi connectivity index (χ4v) is 3.76. The van der Waals surface area contributed by atoms with E-state index in [0.717, 1.165) is 44.9 Å². The highest BCUT2D eigenvalue weighted by molar-refractivity contribution is 7.80. The van der Waals surface area contributed by atoms with Gasteiger partial charge in [-0.05, 0) is 44.9 Å². The van der Waals surface area contributed by atoms with Crippen LogP contribution >= 0.6 is 12.6 Å². The van der Waals surface area contributed by atoms with Crippen molar-refractivity contribution in [1.29, 1.82) is 0 Å². The van der Waals surface area contributed by atoms with Gasteiger partial charge in [0.1, 0.15) is 6.10 Å². The lowest BCUT2D eigenvalue weighted by Crippen LogP contribution is -2.20. The fraction of sp³-hybridized carbons (Fsp3) is 0.950. The van der Waals surface area contributed by atoms with Crippen molar-refractivity contribution in [3.63, 3.8) is 0 Å². The lowest BCUT2D eigenvalue weighted by atomic mass is 9.98. The van der Waals surface area contributed by atoms with Crippen molar-refractivity contribution in [2.75, 3.05) is 0 Å². The predicted molar refractivity (Wildman–Crippen MR) is 102 cm³/mol. The zero-order valence-corrected chi connectivity index (χ0v) is 16.1. The highest BCUT2D eigenvalue weighted by Crippen LogP contribution is 2.23. The summed E-state index contributed by atoms with van der Waals surface area (Å²) in [5, 5.41) is 0.550. The number of hydrogen-bond acceptors (Lipinski definition) is 3. The zero-order chi connectivity index (χ0) is 16.8. The molecular weight excluding hydrogens is 304 g/mol. The maximum Gasteiger partial charge on any atom is 0.306 e. The molecule has 136 valence electrons. The van der Waals surface area contributed by atoms with Crippen molar-refractivity contribution < 1.29 is 9.53 Å². The van der Waals surface area contributed by atoms with Gasteiger partial charge in [0.2, 0.25) is 0 Å². The topological polar surface area (TPSA) is 26.3 Å². The van der Waals surface area contributed by atoms with Gasteiger partial charge in [-0.15, -0.1) is 0 Å². The average Bonchev–Trinajstić information content (AvgIpc) is 2.51. The molecule has 0 saturated heterocycles. The van der Waals surface area contributed by atoms with Crippen LogP contribution in [0.25, 0.3) is 0 Å². The van der Waals surface area contributed by atoms with Crippen molar-refractivity contribution >= 4 is 18.6 Å². The molecule has 3 heteroatoms. The molecule has 0 aromatic rings. The Bertz CT molecular complexity index is 283. The van der Waals surface area contributed by atoms with E-state index in [1.54, 1.807) is 0 Å². The van der Waals surface area contributed by atoms with Gasteiger partial charge in [0.15, 0.2) is 0 Å². The number of carbonyl (C=O) groups is 1. The molecule has 0 heterocycles. The highest BCUT2D eigenvalue weighted by atomic mass is 32.1. The molecule has 1 aliphatic rings. The van der Waals surface area contributed by atoms with Gasteiger partial charge in [-0.3, -0.25) is 4.79 Å². The molecule has 23 heavy (non-hydrogen) atoms. The number of rotatable bonds is 11. The summed E-state index contributed by atoms with van der Waals surface area (Å²) in [5.74, 6) is 0.0287. The third kappa shape index (κ3) is 11.9. The Balaban J connectivity index is 1.95. The quantitative estimate of drug-likeness (QED) is 0.264. The molecule has 1 rings (SSSR count). The second kappa shape index (κ2) is 14.2. The molecule has 0 bridgehead atoms. The number of unbranched alkanes of at least 4 members (excludes halogenated alkanes) is 8. The minimum absolute atomic E-state index is 0.0287. The van der Waals surface area contributed by atoms with E-state index in [1.165, 1.54) is 51.4 Å². The van der Waals surface area contributed by atoms with Crippen LogP contribution in [0.3, 0.4) is 0 Å². The summed E-state index contributed by atoms with van der Waals surface area (Å²) in [6.07, 6.45) is 19.0. The number of esters is 1. The van der Waals surface area contributed by atoms with Crippen molar-refractivity contribution in [2.45, 2.75) is 121 Å².